The van der Waals surface area contributed by atoms with Gasteiger partial charge in [-0.1, -0.05) is 57.9 Å². The average molecular weight is 390 g/mol. The standard InChI is InChI=1S/C19H20BrNO3/c1-13-3-5-15(6-4-13)11-19(23)24-12-18(22)21-14(2)16-7-9-17(20)10-8-16/h3-10,14H,11-12H2,1-2H3,(H,21,22)/t14-/m1/s1. The van der Waals surface area contributed by atoms with Crippen molar-refractivity contribution in [3.8, 4) is 0 Å². The normalized spacial score (nSPS) is 11.6. The molecule has 0 radical (unpaired) electrons. The van der Waals surface area contributed by atoms with Gasteiger partial charge in [-0.3, -0.25) is 9.59 Å². The van der Waals surface area contributed by atoms with E-state index in [4.69, 9.17) is 4.74 Å². The van der Waals surface area contributed by atoms with E-state index in [1.807, 2.05) is 62.4 Å². The smallest absolute Gasteiger partial charge is 0.310 e. The van der Waals surface area contributed by atoms with Gasteiger partial charge >= 0.3 is 5.97 Å². The van der Waals surface area contributed by atoms with Gasteiger partial charge in [0, 0.05) is 4.47 Å². The Hall–Kier alpha value is -2.14. The third-order valence-corrected chi connectivity index (χ3v) is 4.11. The molecule has 0 saturated carbocycles. The number of halogens is 1. The summed E-state index contributed by atoms with van der Waals surface area (Å²) in [5, 5.41) is 2.81. The number of benzene rings is 2. The van der Waals surface area contributed by atoms with Crippen LogP contribution in [-0.4, -0.2) is 18.5 Å². The fraction of sp³-hybridized carbons (Fsp3) is 0.263. The van der Waals surface area contributed by atoms with Crippen molar-refractivity contribution in [3.63, 3.8) is 0 Å². The SMILES string of the molecule is Cc1ccc(CC(=O)OCC(=O)N[C@H](C)c2ccc(Br)cc2)cc1. The van der Waals surface area contributed by atoms with Crippen molar-refractivity contribution in [2.75, 3.05) is 6.61 Å². The number of aryl methyl sites for hydroxylation is 1. The Morgan fingerprint density at radius 1 is 1.08 bits per heavy atom. The second kappa shape index (κ2) is 8.64. The van der Waals surface area contributed by atoms with E-state index in [1.165, 1.54) is 0 Å². The highest BCUT2D eigenvalue weighted by atomic mass is 79.9. The van der Waals surface area contributed by atoms with Crippen LogP contribution in [0.15, 0.2) is 53.0 Å². The van der Waals surface area contributed by atoms with Gasteiger partial charge in [0.2, 0.25) is 0 Å². The Morgan fingerprint density at radius 2 is 1.71 bits per heavy atom. The highest BCUT2D eigenvalue weighted by molar-refractivity contribution is 9.10. The van der Waals surface area contributed by atoms with Crippen molar-refractivity contribution in [2.24, 2.45) is 0 Å². The Bertz CT molecular complexity index is 696. The number of esters is 1. The van der Waals surface area contributed by atoms with E-state index >= 15 is 0 Å². The molecule has 1 N–H and O–H groups in total. The van der Waals surface area contributed by atoms with Crippen molar-refractivity contribution in [3.05, 3.63) is 69.7 Å². The van der Waals surface area contributed by atoms with E-state index in [1.54, 1.807) is 0 Å². The monoisotopic (exact) mass is 389 g/mol. The largest absolute Gasteiger partial charge is 0.455 e. The molecular formula is C19H20BrNO3. The molecule has 0 aliphatic heterocycles. The third kappa shape index (κ3) is 5.81. The zero-order chi connectivity index (χ0) is 17.5. The third-order valence-electron chi connectivity index (χ3n) is 3.58. The lowest BCUT2D eigenvalue weighted by Crippen LogP contribution is -2.31. The molecule has 4 nitrogen and oxygen atoms in total. The summed E-state index contributed by atoms with van der Waals surface area (Å²) in [4.78, 5) is 23.7. The minimum absolute atomic E-state index is 0.151. The van der Waals surface area contributed by atoms with Gasteiger partial charge in [0.1, 0.15) is 0 Å². The highest BCUT2D eigenvalue weighted by Crippen LogP contribution is 2.16. The predicted octanol–water partition coefficient (Wildman–Crippen LogP) is 3.72. The van der Waals surface area contributed by atoms with E-state index < -0.39 is 5.97 Å². The van der Waals surface area contributed by atoms with Crippen LogP contribution < -0.4 is 5.32 Å². The van der Waals surface area contributed by atoms with Crippen LogP contribution in [0.2, 0.25) is 0 Å². The van der Waals surface area contributed by atoms with Gasteiger partial charge in [-0.05, 0) is 37.1 Å². The molecule has 2 aromatic rings. The summed E-state index contributed by atoms with van der Waals surface area (Å²) in [5.41, 5.74) is 2.99. The number of carbonyl (C=O) groups excluding carboxylic acids is 2. The molecule has 0 saturated heterocycles. The van der Waals surface area contributed by atoms with Crippen LogP contribution in [-0.2, 0) is 20.7 Å². The van der Waals surface area contributed by atoms with Crippen molar-refractivity contribution in [1.29, 1.82) is 0 Å². The lowest BCUT2D eigenvalue weighted by molar-refractivity contribution is -0.148. The topological polar surface area (TPSA) is 55.4 Å². The number of amides is 1. The first-order chi connectivity index (χ1) is 11.4. The van der Waals surface area contributed by atoms with Gasteiger partial charge in [0.05, 0.1) is 12.5 Å². The maximum absolute atomic E-state index is 11.9. The summed E-state index contributed by atoms with van der Waals surface area (Å²) >= 11 is 3.37. The Labute approximate surface area is 150 Å². The molecular weight excluding hydrogens is 370 g/mol. The lowest BCUT2D eigenvalue weighted by Gasteiger charge is -2.14. The number of nitrogens with one attached hydrogen (secondary N) is 1. The summed E-state index contributed by atoms with van der Waals surface area (Å²) in [7, 11) is 0. The molecule has 0 heterocycles. The summed E-state index contributed by atoms with van der Waals surface area (Å²) in [6.07, 6.45) is 0.163. The summed E-state index contributed by atoms with van der Waals surface area (Å²) in [6, 6.07) is 15.2. The predicted molar refractivity (Wildman–Crippen MR) is 96.5 cm³/mol. The molecule has 2 aromatic carbocycles. The van der Waals surface area contributed by atoms with Crippen LogP contribution in [0.3, 0.4) is 0 Å². The second-order valence-corrected chi connectivity index (χ2v) is 6.58. The number of hydrogen-bond acceptors (Lipinski definition) is 3. The van der Waals surface area contributed by atoms with Crippen LogP contribution in [0.25, 0.3) is 0 Å². The van der Waals surface area contributed by atoms with Crippen LogP contribution in [0.5, 0.6) is 0 Å². The molecule has 0 fully saturated rings. The molecule has 1 atom stereocenters. The molecule has 0 spiro atoms. The second-order valence-electron chi connectivity index (χ2n) is 5.66. The number of rotatable bonds is 6. The van der Waals surface area contributed by atoms with E-state index in [2.05, 4.69) is 21.2 Å². The first-order valence-electron chi connectivity index (χ1n) is 7.70. The average Bonchev–Trinajstić information content (AvgIpc) is 2.55. The Balaban J connectivity index is 1.76. The molecule has 2 rings (SSSR count). The number of ether oxygens (including phenoxy) is 1. The van der Waals surface area contributed by atoms with Gasteiger partial charge in [0.15, 0.2) is 6.61 Å². The van der Waals surface area contributed by atoms with E-state index in [0.29, 0.717) is 0 Å². The molecule has 0 unspecified atom stereocenters. The molecule has 24 heavy (non-hydrogen) atoms. The van der Waals surface area contributed by atoms with Crippen molar-refractivity contribution < 1.29 is 14.3 Å². The van der Waals surface area contributed by atoms with Gasteiger partial charge in [-0.25, -0.2) is 0 Å². The van der Waals surface area contributed by atoms with E-state index in [-0.39, 0.29) is 25.0 Å². The molecule has 0 aliphatic carbocycles. The van der Waals surface area contributed by atoms with Crippen molar-refractivity contribution in [2.45, 2.75) is 26.3 Å². The van der Waals surface area contributed by atoms with Crippen molar-refractivity contribution >= 4 is 27.8 Å². The molecule has 1 amide bonds. The van der Waals surface area contributed by atoms with Crippen LogP contribution in [0.4, 0.5) is 0 Å². The van der Waals surface area contributed by atoms with Crippen LogP contribution in [0, 0.1) is 6.92 Å². The van der Waals surface area contributed by atoms with Crippen LogP contribution in [0.1, 0.15) is 29.7 Å². The fourth-order valence-electron chi connectivity index (χ4n) is 2.19. The number of carbonyl (C=O) groups is 2. The zero-order valence-electron chi connectivity index (χ0n) is 13.7. The van der Waals surface area contributed by atoms with Crippen molar-refractivity contribution in [1.82, 2.24) is 5.32 Å². The first-order valence-corrected chi connectivity index (χ1v) is 8.49. The summed E-state index contributed by atoms with van der Waals surface area (Å²) < 4.78 is 6.02. The molecule has 5 heteroatoms. The maximum atomic E-state index is 11.9. The minimum atomic E-state index is -0.412. The van der Waals surface area contributed by atoms with E-state index in [9.17, 15) is 9.59 Å². The lowest BCUT2D eigenvalue weighted by atomic mass is 10.1. The van der Waals surface area contributed by atoms with Gasteiger partial charge in [-0.15, -0.1) is 0 Å². The van der Waals surface area contributed by atoms with Gasteiger partial charge in [-0.2, -0.15) is 0 Å². The summed E-state index contributed by atoms with van der Waals surface area (Å²) in [6.45, 7) is 3.60. The van der Waals surface area contributed by atoms with Gasteiger partial charge in [0.25, 0.3) is 5.91 Å². The quantitative estimate of drug-likeness (QED) is 0.765. The highest BCUT2D eigenvalue weighted by Gasteiger charge is 2.12. The molecule has 126 valence electrons. The number of hydrogen-bond donors (Lipinski definition) is 1. The Kier molecular flexibility index (Phi) is 6.55. The fourth-order valence-corrected chi connectivity index (χ4v) is 2.45. The van der Waals surface area contributed by atoms with Gasteiger partial charge < -0.3 is 10.1 Å². The molecule has 0 aliphatic rings. The maximum Gasteiger partial charge on any atom is 0.310 e. The molecule has 0 aromatic heterocycles. The first kappa shape index (κ1) is 18.2. The molecule has 0 bridgehead atoms. The van der Waals surface area contributed by atoms with E-state index in [0.717, 1.165) is 21.2 Å². The minimum Gasteiger partial charge on any atom is -0.455 e. The Morgan fingerprint density at radius 3 is 2.33 bits per heavy atom. The summed E-state index contributed by atoms with van der Waals surface area (Å²) in [5.74, 6) is -0.729. The zero-order valence-corrected chi connectivity index (χ0v) is 15.3. The van der Waals surface area contributed by atoms with Crippen LogP contribution >= 0.6 is 15.9 Å².